The predicted octanol–water partition coefficient (Wildman–Crippen LogP) is 6.22. The molecule has 0 amide bonds. The topological polar surface area (TPSA) is 0 Å². The summed E-state index contributed by atoms with van der Waals surface area (Å²) in [4.78, 5) is 0. The minimum atomic E-state index is -1.08. The van der Waals surface area contributed by atoms with Gasteiger partial charge in [-0.15, -0.1) is 0 Å². The second-order valence-corrected chi connectivity index (χ2v) is 13.5. The second-order valence-electron chi connectivity index (χ2n) is 8.39. The molecule has 0 nitrogen and oxygen atoms in total. The summed E-state index contributed by atoms with van der Waals surface area (Å²) < 4.78 is 0. The van der Waals surface area contributed by atoms with E-state index in [1.165, 1.54) is 12.8 Å². The highest BCUT2D eigenvalue weighted by molar-refractivity contribution is 6.80. The van der Waals surface area contributed by atoms with Gasteiger partial charge in [-0.1, -0.05) is 84.6 Å². The SMILES string of the molecule is CCC(C)(C)C(=CC=C[Si](C)(C)C)CC(C)(C)C. The van der Waals surface area contributed by atoms with Crippen LogP contribution in [0.5, 0.6) is 0 Å². The molecule has 0 unspecified atom stereocenters. The molecule has 0 radical (unpaired) electrons. The Hall–Kier alpha value is -0.303. The zero-order valence-corrected chi connectivity index (χ0v) is 15.1. The molecule has 0 aromatic heterocycles. The molecular formula is C17H34Si. The van der Waals surface area contributed by atoms with Crippen molar-refractivity contribution in [3.05, 3.63) is 23.4 Å². The summed E-state index contributed by atoms with van der Waals surface area (Å²) in [6.07, 6.45) is 7.08. The molecule has 0 aliphatic carbocycles. The summed E-state index contributed by atoms with van der Waals surface area (Å²) in [6, 6.07) is 0. The Bertz CT molecular complexity index is 305. The average Bonchev–Trinajstić information content (AvgIpc) is 2.12. The Kier molecular flexibility index (Phi) is 6.13. The van der Waals surface area contributed by atoms with Crippen LogP contribution in [0.4, 0.5) is 0 Å². The Balaban J connectivity index is 5.12. The van der Waals surface area contributed by atoms with Gasteiger partial charge >= 0.3 is 0 Å². The maximum absolute atomic E-state index is 2.43. The highest BCUT2D eigenvalue weighted by Gasteiger charge is 2.24. The molecule has 0 fully saturated rings. The molecule has 0 aliphatic heterocycles. The first-order valence-corrected chi connectivity index (χ1v) is 10.8. The van der Waals surface area contributed by atoms with Crippen molar-refractivity contribution in [3.63, 3.8) is 0 Å². The van der Waals surface area contributed by atoms with E-state index in [0.29, 0.717) is 10.8 Å². The predicted molar refractivity (Wildman–Crippen MR) is 88.7 cm³/mol. The lowest BCUT2D eigenvalue weighted by Gasteiger charge is -2.31. The third-order valence-electron chi connectivity index (χ3n) is 3.37. The van der Waals surface area contributed by atoms with Gasteiger partial charge in [0.1, 0.15) is 0 Å². The van der Waals surface area contributed by atoms with Gasteiger partial charge in [0.25, 0.3) is 0 Å². The van der Waals surface area contributed by atoms with Crippen LogP contribution in [0.2, 0.25) is 19.6 Å². The highest BCUT2D eigenvalue weighted by atomic mass is 28.3. The minimum Gasteiger partial charge on any atom is -0.0950 e. The van der Waals surface area contributed by atoms with Gasteiger partial charge < -0.3 is 0 Å². The lowest BCUT2D eigenvalue weighted by atomic mass is 9.74. The highest BCUT2D eigenvalue weighted by Crippen LogP contribution is 2.38. The lowest BCUT2D eigenvalue weighted by Crippen LogP contribution is -2.19. The Morgan fingerprint density at radius 1 is 1.00 bits per heavy atom. The molecule has 0 aromatic rings. The van der Waals surface area contributed by atoms with Crippen molar-refractivity contribution in [2.75, 3.05) is 0 Å². The summed E-state index contributed by atoms with van der Waals surface area (Å²) in [5.41, 5.74) is 4.70. The van der Waals surface area contributed by atoms with Gasteiger partial charge in [-0.3, -0.25) is 0 Å². The molecule has 0 aliphatic rings. The van der Waals surface area contributed by atoms with E-state index in [1.54, 1.807) is 5.57 Å². The van der Waals surface area contributed by atoms with Crippen LogP contribution in [-0.2, 0) is 0 Å². The zero-order chi connectivity index (χ0) is 14.6. The average molecular weight is 267 g/mol. The molecule has 0 N–H and O–H groups in total. The lowest BCUT2D eigenvalue weighted by molar-refractivity contribution is 0.337. The van der Waals surface area contributed by atoms with Crippen LogP contribution in [0.15, 0.2) is 23.4 Å². The van der Waals surface area contributed by atoms with Crippen LogP contribution >= 0.6 is 0 Å². The third-order valence-corrected chi connectivity index (χ3v) is 4.56. The molecular weight excluding hydrogens is 232 g/mol. The Morgan fingerprint density at radius 3 is 1.83 bits per heavy atom. The zero-order valence-electron chi connectivity index (χ0n) is 14.1. The van der Waals surface area contributed by atoms with E-state index >= 15 is 0 Å². The number of rotatable bonds is 5. The van der Waals surface area contributed by atoms with Crippen LogP contribution in [-0.4, -0.2) is 8.07 Å². The van der Waals surface area contributed by atoms with Crippen molar-refractivity contribution in [1.29, 1.82) is 0 Å². The summed E-state index contributed by atoms with van der Waals surface area (Å²) in [5.74, 6) is 0. The molecule has 0 rings (SSSR count). The van der Waals surface area contributed by atoms with Gasteiger partial charge in [0.2, 0.25) is 0 Å². The molecule has 0 heterocycles. The quantitative estimate of drug-likeness (QED) is 0.409. The van der Waals surface area contributed by atoms with E-state index in [2.05, 4.69) is 79.0 Å². The maximum atomic E-state index is 2.43. The Morgan fingerprint density at radius 2 is 1.50 bits per heavy atom. The van der Waals surface area contributed by atoms with E-state index in [1.807, 2.05) is 0 Å². The van der Waals surface area contributed by atoms with Gasteiger partial charge in [0, 0.05) is 0 Å². The first-order valence-electron chi connectivity index (χ1n) is 7.26. The second kappa shape index (κ2) is 6.23. The normalized spacial score (nSPS) is 15.5. The van der Waals surface area contributed by atoms with Crippen LogP contribution < -0.4 is 0 Å². The third kappa shape index (κ3) is 7.92. The summed E-state index contributed by atoms with van der Waals surface area (Å²) in [6.45, 7) is 21.2. The van der Waals surface area contributed by atoms with Crippen molar-refractivity contribution in [3.8, 4) is 0 Å². The van der Waals surface area contributed by atoms with E-state index in [-0.39, 0.29) is 0 Å². The van der Waals surface area contributed by atoms with Crippen molar-refractivity contribution in [2.45, 2.75) is 74.0 Å². The standard InChI is InChI=1S/C17H34Si/c1-10-17(5,6)15(14-16(2,3)4)12-11-13-18(7,8)9/h11-13H,10,14H2,1-9H3. The van der Waals surface area contributed by atoms with Crippen molar-refractivity contribution in [2.24, 2.45) is 10.8 Å². The van der Waals surface area contributed by atoms with Gasteiger partial charge in [0.05, 0.1) is 8.07 Å². The van der Waals surface area contributed by atoms with E-state index in [4.69, 9.17) is 0 Å². The summed E-state index contributed by atoms with van der Waals surface area (Å²) in [5, 5.41) is 0. The summed E-state index contributed by atoms with van der Waals surface area (Å²) >= 11 is 0. The van der Waals surface area contributed by atoms with Crippen LogP contribution in [0.1, 0.15) is 54.4 Å². The van der Waals surface area contributed by atoms with Gasteiger partial charge in [-0.2, -0.15) is 0 Å². The molecule has 0 saturated carbocycles. The summed E-state index contributed by atoms with van der Waals surface area (Å²) in [7, 11) is -1.08. The molecule has 0 aromatic carbocycles. The van der Waals surface area contributed by atoms with Crippen molar-refractivity contribution in [1.82, 2.24) is 0 Å². The minimum absolute atomic E-state index is 0.317. The molecule has 0 atom stereocenters. The molecule has 0 saturated heterocycles. The molecule has 0 spiro atoms. The molecule has 106 valence electrons. The smallest absolute Gasteiger partial charge is 0.0687 e. The van der Waals surface area contributed by atoms with Crippen LogP contribution in [0, 0.1) is 10.8 Å². The fraction of sp³-hybridized carbons (Fsp3) is 0.765. The first kappa shape index (κ1) is 17.7. The van der Waals surface area contributed by atoms with Crippen LogP contribution in [0.3, 0.4) is 0 Å². The van der Waals surface area contributed by atoms with Crippen molar-refractivity contribution < 1.29 is 0 Å². The monoisotopic (exact) mass is 266 g/mol. The largest absolute Gasteiger partial charge is 0.0950 e. The number of hydrogen-bond donors (Lipinski definition) is 0. The number of hydrogen-bond acceptors (Lipinski definition) is 0. The first-order chi connectivity index (χ1) is 7.87. The fourth-order valence-corrected chi connectivity index (χ4v) is 2.45. The maximum Gasteiger partial charge on any atom is 0.0687 e. The molecule has 0 bridgehead atoms. The van der Waals surface area contributed by atoms with Crippen molar-refractivity contribution >= 4 is 8.07 Å². The van der Waals surface area contributed by atoms with Gasteiger partial charge in [0.15, 0.2) is 0 Å². The van der Waals surface area contributed by atoms with E-state index in [9.17, 15) is 0 Å². The van der Waals surface area contributed by atoms with Gasteiger partial charge in [-0.25, -0.2) is 0 Å². The van der Waals surface area contributed by atoms with E-state index in [0.717, 1.165) is 0 Å². The van der Waals surface area contributed by atoms with Crippen LogP contribution in [0.25, 0.3) is 0 Å². The van der Waals surface area contributed by atoms with E-state index < -0.39 is 8.07 Å². The molecule has 1 heteroatoms. The molecule has 18 heavy (non-hydrogen) atoms. The Labute approximate surface area is 117 Å². The fourth-order valence-electron chi connectivity index (χ4n) is 1.78. The number of allylic oxidation sites excluding steroid dienone is 3. The van der Waals surface area contributed by atoms with Gasteiger partial charge in [-0.05, 0) is 23.7 Å².